The van der Waals surface area contributed by atoms with Crippen molar-refractivity contribution in [1.29, 1.82) is 0 Å². The minimum Gasteiger partial charge on any atom is -0.339 e. The van der Waals surface area contributed by atoms with Gasteiger partial charge in [0.25, 0.3) is 0 Å². The lowest BCUT2D eigenvalue weighted by atomic mass is 10.3. The predicted octanol–water partition coefficient (Wildman–Crippen LogP) is 1.39. The summed E-state index contributed by atoms with van der Waals surface area (Å²) in [5.41, 5.74) is 2.77. The maximum Gasteiger partial charge on any atom is 0.166 e. The molecule has 0 aliphatic heterocycles. The summed E-state index contributed by atoms with van der Waals surface area (Å²) >= 11 is 0. The molecule has 0 aromatic carbocycles. The first-order chi connectivity index (χ1) is 7.20. The van der Waals surface area contributed by atoms with Gasteiger partial charge in [0, 0.05) is 13.2 Å². The van der Waals surface area contributed by atoms with Crippen molar-refractivity contribution in [3.05, 3.63) is 41.5 Å². The zero-order valence-electron chi connectivity index (χ0n) is 8.84. The Morgan fingerprint density at radius 2 is 2.33 bits per heavy atom. The van der Waals surface area contributed by atoms with E-state index in [0.29, 0.717) is 12.2 Å². The van der Waals surface area contributed by atoms with E-state index >= 15 is 0 Å². The molecule has 0 saturated carbocycles. The van der Waals surface area contributed by atoms with Crippen LogP contribution in [0.5, 0.6) is 0 Å². The Bertz CT molecular complexity index is 482. The highest BCUT2D eigenvalue weighted by molar-refractivity contribution is 5.72. The molecule has 4 nitrogen and oxygen atoms in total. The second-order valence-corrected chi connectivity index (χ2v) is 3.58. The van der Waals surface area contributed by atoms with Crippen LogP contribution in [0.3, 0.4) is 0 Å². The number of carbonyl (C=O) groups is 1. The molecule has 0 aliphatic rings. The largest absolute Gasteiger partial charge is 0.339 e. The van der Waals surface area contributed by atoms with Gasteiger partial charge in [-0.3, -0.25) is 9.48 Å². The zero-order chi connectivity index (χ0) is 10.8. The molecule has 0 atom stereocenters. The van der Waals surface area contributed by atoms with Gasteiger partial charge >= 0.3 is 0 Å². The molecule has 0 radical (unpaired) electrons. The van der Waals surface area contributed by atoms with Gasteiger partial charge in [0.05, 0.1) is 23.6 Å². The smallest absolute Gasteiger partial charge is 0.166 e. The van der Waals surface area contributed by atoms with E-state index in [1.807, 2.05) is 41.5 Å². The van der Waals surface area contributed by atoms with Crippen molar-refractivity contribution in [2.75, 3.05) is 0 Å². The normalized spacial score (nSPS) is 10.5. The molecule has 2 heterocycles. The van der Waals surface area contributed by atoms with E-state index in [2.05, 4.69) is 5.10 Å². The number of hydrogen-bond donors (Lipinski definition) is 0. The van der Waals surface area contributed by atoms with Crippen LogP contribution in [0.15, 0.2) is 24.4 Å². The van der Waals surface area contributed by atoms with Gasteiger partial charge in [0.2, 0.25) is 0 Å². The van der Waals surface area contributed by atoms with Crippen molar-refractivity contribution in [3.63, 3.8) is 0 Å². The summed E-state index contributed by atoms with van der Waals surface area (Å²) in [5, 5.41) is 4.26. The Balaban J connectivity index is 2.29. The van der Waals surface area contributed by atoms with Crippen LogP contribution in [-0.2, 0) is 13.6 Å². The Morgan fingerprint density at radius 1 is 1.53 bits per heavy atom. The molecule has 0 fully saturated rings. The van der Waals surface area contributed by atoms with Gasteiger partial charge in [0.15, 0.2) is 6.29 Å². The Hall–Kier alpha value is -1.84. The highest BCUT2D eigenvalue weighted by atomic mass is 16.1. The van der Waals surface area contributed by atoms with E-state index in [4.69, 9.17) is 0 Å². The lowest BCUT2D eigenvalue weighted by molar-refractivity contribution is 0.111. The SMILES string of the molecule is Cc1cc(Cn2cccc2C=O)n(C)n1. The molecule has 4 heteroatoms. The third-order valence-electron chi connectivity index (χ3n) is 2.42. The second kappa shape index (κ2) is 3.73. The number of rotatable bonds is 3. The van der Waals surface area contributed by atoms with Gasteiger partial charge in [-0.25, -0.2) is 0 Å². The van der Waals surface area contributed by atoms with Crippen LogP contribution < -0.4 is 0 Å². The van der Waals surface area contributed by atoms with Gasteiger partial charge in [-0.05, 0) is 25.1 Å². The quantitative estimate of drug-likeness (QED) is 0.707. The van der Waals surface area contributed by atoms with E-state index in [1.54, 1.807) is 6.07 Å². The molecular weight excluding hydrogens is 190 g/mol. The molecular formula is C11H13N3O. The maximum absolute atomic E-state index is 10.7. The molecule has 0 N–H and O–H groups in total. The fourth-order valence-corrected chi connectivity index (χ4v) is 1.67. The zero-order valence-corrected chi connectivity index (χ0v) is 8.84. The number of carbonyl (C=O) groups excluding carboxylic acids is 1. The van der Waals surface area contributed by atoms with E-state index in [1.165, 1.54) is 0 Å². The lowest BCUT2D eigenvalue weighted by Gasteiger charge is -2.05. The van der Waals surface area contributed by atoms with Crippen LogP contribution in [0, 0.1) is 6.92 Å². The van der Waals surface area contributed by atoms with Crippen LogP contribution in [-0.4, -0.2) is 20.6 Å². The summed E-state index contributed by atoms with van der Waals surface area (Å²) in [4.78, 5) is 10.7. The fourth-order valence-electron chi connectivity index (χ4n) is 1.67. The van der Waals surface area contributed by atoms with Crippen molar-refractivity contribution in [1.82, 2.24) is 14.3 Å². The van der Waals surface area contributed by atoms with Crippen LogP contribution in [0.4, 0.5) is 0 Å². The van der Waals surface area contributed by atoms with Crippen molar-refractivity contribution in [2.45, 2.75) is 13.5 Å². The first-order valence-electron chi connectivity index (χ1n) is 4.80. The Kier molecular flexibility index (Phi) is 2.41. The summed E-state index contributed by atoms with van der Waals surface area (Å²) < 4.78 is 3.74. The average Bonchev–Trinajstić information content (AvgIpc) is 2.74. The van der Waals surface area contributed by atoms with E-state index in [0.717, 1.165) is 17.7 Å². The Labute approximate surface area is 88.1 Å². The highest BCUT2D eigenvalue weighted by Crippen LogP contribution is 2.07. The fraction of sp³-hybridized carbons (Fsp3) is 0.273. The molecule has 0 aliphatic carbocycles. The summed E-state index contributed by atoms with van der Waals surface area (Å²) in [6.07, 6.45) is 2.76. The standard InChI is InChI=1S/C11H13N3O/c1-9-6-11(13(2)12-9)7-14-5-3-4-10(14)8-15/h3-6,8H,7H2,1-2H3. The van der Waals surface area contributed by atoms with Crippen LogP contribution in [0.2, 0.25) is 0 Å². The van der Waals surface area contributed by atoms with E-state index < -0.39 is 0 Å². The van der Waals surface area contributed by atoms with Crippen molar-refractivity contribution < 1.29 is 4.79 Å². The van der Waals surface area contributed by atoms with Crippen molar-refractivity contribution in [3.8, 4) is 0 Å². The second-order valence-electron chi connectivity index (χ2n) is 3.58. The first kappa shape index (κ1) is 9.71. The van der Waals surface area contributed by atoms with Crippen LogP contribution >= 0.6 is 0 Å². The molecule has 15 heavy (non-hydrogen) atoms. The molecule has 0 bridgehead atoms. The molecule has 0 amide bonds. The number of hydrogen-bond acceptors (Lipinski definition) is 2. The molecule has 0 saturated heterocycles. The number of nitrogens with zero attached hydrogens (tertiary/aromatic N) is 3. The predicted molar refractivity (Wildman–Crippen MR) is 56.9 cm³/mol. The topological polar surface area (TPSA) is 39.8 Å². The van der Waals surface area contributed by atoms with E-state index in [-0.39, 0.29) is 0 Å². The van der Waals surface area contributed by atoms with Gasteiger partial charge in [-0.15, -0.1) is 0 Å². The van der Waals surface area contributed by atoms with Crippen molar-refractivity contribution in [2.24, 2.45) is 7.05 Å². The number of aldehydes is 1. The third kappa shape index (κ3) is 1.83. The minimum absolute atomic E-state index is 0.679. The monoisotopic (exact) mass is 203 g/mol. The van der Waals surface area contributed by atoms with Crippen LogP contribution in [0.25, 0.3) is 0 Å². The average molecular weight is 203 g/mol. The highest BCUT2D eigenvalue weighted by Gasteiger charge is 2.05. The molecule has 0 spiro atoms. The maximum atomic E-state index is 10.7. The summed E-state index contributed by atoms with van der Waals surface area (Å²) in [7, 11) is 1.91. The summed E-state index contributed by atoms with van der Waals surface area (Å²) in [6.45, 7) is 2.64. The van der Waals surface area contributed by atoms with Gasteiger partial charge in [-0.1, -0.05) is 0 Å². The molecule has 0 unspecified atom stereocenters. The summed E-state index contributed by atoms with van der Waals surface area (Å²) in [6, 6.07) is 5.69. The lowest BCUT2D eigenvalue weighted by Crippen LogP contribution is -2.06. The first-order valence-corrected chi connectivity index (χ1v) is 4.80. The molecule has 2 rings (SSSR count). The number of aromatic nitrogens is 3. The van der Waals surface area contributed by atoms with Gasteiger partial charge in [0.1, 0.15) is 0 Å². The minimum atomic E-state index is 0.679. The number of aryl methyl sites for hydroxylation is 2. The van der Waals surface area contributed by atoms with Crippen molar-refractivity contribution >= 4 is 6.29 Å². The molecule has 78 valence electrons. The van der Waals surface area contributed by atoms with Gasteiger partial charge < -0.3 is 4.57 Å². The molecule has 2 aromatic rings. The van der Waals surface area contributed by atoms with Crippen LogP contribution in [0.1, 0.15) is 21.9 Å². The molecule has 2 aromatic heterocycles. The van der Waals surface area contributed by atoms with Gasteiger partial charge in [-0.2, -0.15) is 5.10 Å². The summed E-state index contributed by atoms with van der Waals surface area (Å²) in [5.74, 6) is 0. The third-order valence-corrected chi connectivity index (χ3v) is 2.42. The Morgan fingerprint density at radius 3 is 2.93 bits per heavy atom. The van der Waals surface area contributed by atoms with E-state index in [9.17, 15) is 4.79 Å².